The second kappa shape index (κ2) is 6.38. The van der Waals surface area contributed by atoms with Gasteiger partial charge in [0.2, 0.25) is 5.91 Å². The average molecular weight is 382 g/mol. The van der Waals surface area contributed by atoms with Gasteiger partial charge in [-0.2, -0.15) is 0 Å². The Labute approximate surface area is 143 Å². The SMILES string of the molecule is Cc1cc(Br)cc(NC(=O)Cc2csc(C(C)(C)C)n2)c1N. The highest BCUT2D eigenvalue weighted by atomic mass is 79.9. The Hall–Kier alpha value is -1.40. The fourth-order valence-corrected chi connectivity index (χ4v) is 3.43. The summed E-state index contributed by atoms with van der Waals surface area (Å²) in [5, 5.41) is 5.83. The number of thiazole rings is 1. The van der Waals surface area contributed by atoms with Crippen molar-refractivity contribution in [2.24, 2.45) is 0 Å². The fraction of sp³-hybridized carbons (Fsp3) is 0.375. The van der Waals surface area contributed by atoms with E-state index in [1.165, 1.54) is 0 Å². The van der Waals surface area contributed by atoms with Crippen molar-refractivity contribution in [3.8, 4) is 0 Å². The van der Waals surface area contributed by atoms with Crippen LogP contribution >= 0.6 is 27.3 Å². The smallest absolute Gasteiger partial charge is 0.230 e. The molecule has 0 bridgehead atoms. The summed E-state index contributed by atoms with van der Waals surface area (Å²) in [6.07, 6.45) is 0.248. The lowest BCUT2D eigenvalue weighted by molar-refractivity contribution is -0.115. The third kappa shape index (κ3) is 4.08. The van der Waals surface area contributed by atoms with Crippen LogP contribution in [0.4, 0.5) is 11.4 Å². The van der Waals surface area contributed by atoms with Crippen LogP contribution in [-0.4, -0.2) is 10.9 Å². The summed E-state index contributed by atoms with van der Waals surface area (Å²) in [6.45, 7) is 8.24. The first-order valence-electron chi connectivity index (χ1n) is 6.97. The van der Waals surface area contributed by atoms with Crippen molar-refractivity contribution in [3.05, 3.63) is 38.3 Å². The van der Waals surface area contributed by atoms with Gasteiger partial charge in [0.05, 0.1) is 28.5 Å². The maximum atomic E-state index is 12.2. The molecular weight excluding hydrogens is 362 g/mol. The predicted molar refractivity (Wildman–Crippen MR) is 96.4 cm³/mol. The maximum Gasteiger partial charge on any atom is 0.230 e. The number of hydrogen-bond acceptors (Lipinski definition) is 4. The Balaban J connectivity index is 2.09. The largest absolute Gasteiger partial charge is 0.397 e. The molecule has 22 heavy (non-hydrogen) atoms. The zero-order chi connectivity index (χ0) is 16.5. The van der Waals surface area contributed by atoms with E-state index in [0.29, 0.717) is 11.4 Å². The maximum absolute atomic E-state index is 12.2. The number of hydrogen-bond donors (Lipinski definition) is 2. The quantitative estimate of drug-likeness (QED) is 0.779. The summed E-state index contributed by atoms with van der Waals surface area (Å²) in [5.41, 5.74) is 8.94. The summed E-state index contributed by atoms with van der Waals surface area (Å²) in [4.78, 5) is 16.7. The second-order valence-corrected chi connectivity index (χ2v) is 8.08. The third-order valence-electron chi connectivity index (χ3n) is 3.16. The molecule has 1 aromatic heterocycles. The molecule has 2 rings (SSSR count). The number of anilines is 2. The molecule has 4 nitrogen and oxygen atoms in total. The fourth-order valence-electron chi connectivity index (χ4n) is 1.95. The van der Waals surface area contributed by atoms with Gasteiger partial charge in [-0.05, 0) is 24.6 Å². The minimum absolute atomic E-state index is 0.00519. The van der Waals surface area contributed by atoms with Gasteiger partial charge in [-0.1, -0.05) is 36.7 Å². The number of halogens is 1. The third-order valence-corrected chi connectivity index (χ3v) is 4.94. The minimum Gasteiger partial charge on any atom is -0.397 e. The normalized spacial score (nSPS) is 11.5. The molecule has 3 N–H and O–H groups in total. The molecule has 0 saturated heterocycles. The Bertz CT molecular complexity index is 704. The lowest BCUT2D eigenvalue weighted by Crippen LogP contribution is -2.17. The van der Waals surface area contributed by atoms with Crippen LogP contribution < -0.4 is 11.1 Å². The van der Waals surface area contributed by atoms with Gasteiger partial charge in [0.1, 0.15) is 0 Å². The van der Waals surface area contributed by atoms with Crippen molar-refractivity contribution < 1.29 is 4.79 Å². The first-order valence-corrected chi connectivity index (χ1v) is 8.64. The summed E-state index contributed by atoms with van der Waals surface area (Å²) >= 11 is 5.00. The van der Waals surface area contributed by atoms with Crippen LogP contribution in [0.2, 0.25) is 0 Å². The minimum atomic E-state index is -0.116. The molecule has 1 aromatic carbocycles. The van der Waals surface area contributed by atoms with E-state index < -0.39 is 0 Å². The van der Waals surface area contributed by atoms with E-state index in [2.05, 4.69) is 47.0 Å². The number of nitrogen functional groups attached to an aromatic ring is 1. The van der Waals surface area contributed by atoms with E-state index in [0.717, 1.165) is 20.7 Å². The molecule has 1 amide bonds. The zero-order valence-electron chi connectivity index (χ0n) is 13.2. The Kier molecular flexibility index (Phi) is 4.92. The van der Waals surface area contributed by atoms with Crippen molar-refractivity contribution >= 4 is 44.5 Å². The van der Waals surface area contributed by atoms with Crippen molar-refractivity contribution in [1.82, 2.24) is 4.98 Å². The number of carbonyl (C=O) groups is 1. The predicted octanol–water partition coefficient (Wildman–Crippen LogP) is 4.27. The van der Waals surface area contributed by atoms with Gasteiger partial charge < -0.3 is 11.1 Å². The molecule has 0 unspecified atom stereocenters. The molecule has 0 spiro atoms. The van der Waals surface area contributed by atoms with Gasteiger partial charge in [0.15, 0.2) is 0 Å². The molecule has 0 aliphatic heterocycles. The lowest BCUT2D eigenvalue weighted by Gasteiger charge is -2.13. The summed E-state index contributed by atoms with van der Waals surface area (Å²) in [5.74, 6) is -0.116. The summed E-state index contributed by atoms with van der Waals surface area (Å²) in [6, 6.07) is 3.73. The molecule has 2 aromatic rings. The average Bonchev–Trinajstić information content (AvgIpc) is 2.83. The van der Waals surface area contributed by atoms with Gasteiger partial charge in [-0.25, -0.2) is 4.98 Å². The van der Waals surface area contributed by atoms with Crippen molar-refractivity contribution in [2.75, 3.05) is 11.1 Å². The number of rotatable bonds is 3. The first kappa shape index (κ1) is 17.0. The van der Waals surface area contributed by atoms with E-state index in [9.17, 15) is 4.79 Å². The molecule has 1 heterocycles. The number of aryl methyl sites for hydroxylation is 1. The lowest BCUT2D eigenvalue weighted by atomic mass is 9.98. The molecule has 118 valence electrons. The van der Waals surface area contributed by atoms with Crippen LogP contribution in [0.3, 0.4) is 0 Å². The molecule has 0 radical (unpaired) electrons. The molecule has 0 atom stereocenters. The molecule has 0 fully saturated rings. The number of benzene rings is 1. The Morgan fingerprint density at radius 3 is 2.68 bits per heavy atom. The number of carbonyl (C=O) groups excluding carboxylic acids is 1. The van der Waals surface area contributed by atoms with Crippen LogP contribution in [0.5, 0.6) is 0 Å². The molecule has 0 aliphatic carbocycles. The number of amides is 1. The van der Waals surface area contributed by atoms with E-state index >= 15 is 0 Å². The number of nitrogens with two attached hydrogens (primary N) is 1. The molecule has 6 heteroatoms. The highest BCUT2D eigenvalue weighted by Gasteiger charge is 2.19. The number of nitrogens with one attached hydrogen (secondary N) is 1. The van der Waals surface area contributed by atoms with Gasteiger partial charge >= 0.3 is 0 Å². The molecular formula is C16H20BrN3OS. The standard InChI is InChI=1S/C16H20BrN3OS/c1-9-5-10(17)6-12(14(9)18)20-13(21)7-11-8-22-15(19-11)16(2,3)4/h5-6,8H,7,18H2,1-4H3,(H,20,21). The van der Waals surface area contributed by atoms with Gasteiger partial charge in [-0.15, -0.1) is 11.3 Å². The van der Waals surface area contributed by atoms with Crippen molar-refractivity contribution in [1.29, 1.82) is 0 Å². The Morgan fingerprint density at radius 1 is 1.41 bits per heavy atom. The second-order valence-electron chi connectivity index (χ2n) is 6.30. The van der Waals surface area contributed by atoms with Crippen LogP contribution in [-0.2, 0) is 16.6 Å². The number of aromatic nitrogens is 1. The highest BCUT2D eigenvalue weighted by molar-refractivity contribution is 9.10. The summed E-state index contributed by atoms with van der Waals surface area (Å²) in [7, 11) is 0. The van der Waals surface area contributed by atoms with Crippen LogP contribution in [0.15, 0.2) is 22.0 Å². The van der Waals surface area contributed by atoms with E-state index in [4.69, 9.17) is 5.73 Å². The van der Waals surface area contributed by atoms with Gasteiger partial charge in [-0.3, -0.25) is 4.79 Å². The van der Waals surface area contributed by atoms with E-state index in [1.807, 2.05) is 24.4 Å². The van der Waals surface area contributed by atoms with Crippen molar-refractivity contribution in [3.63, 3.8) is 0 Å². The highest BCUT2D eigenvalue weighted by Crippen LogP contribution is 2.28. The van der Waals surface area contributed by atoms with Gasteiger partial charge in [0.25, 0.3) is 0 Å². The van der Waals surface area contributed by atoms with E-state index in [-0.39, 0.29) is 17.7 Å². The molecule has 0 aliphatic rings. The van der Waals surface area contributed by atoms with Crippen molar-refractivity contribution in [2.45, 2.75) is 39.5 Å². The monoisotopic (exact) mass is 381 g/mol. The number of nitrogens with zero attached hydrogens (tertiary/aromatic N) is 1. The topological polar surface area (TPSA) is 68.0 Å². The molecule has 0 saturated carbocycles. The first-order chi connectivity index (χ1) is 10.2. The van der Waals surface area contributed by atoms with E-state index in [1.54, 1.807) is 11.3 Å². The Morgan fingerprint density at radius 2 is 2.09 bits per heavy atom. The van der Waals surface area contributed by atoms with Crippen LogP contribution in [0.1, 0.15) is 37.0 Å². The van der Waals surface area contributed by atoms with Crippen LogP contribution in [0.25, 0.3) is 0 Å². The summed E-state index contributed by atoms with van der Waals surface area (Å²) < 4.78 is 0.887. The van der Waals surface area contributed by atoms with Crippen LogP contribution in [0, 0.1) is 6.92 Å². The van der Waals surface area contributed by atoms with Gasteiger partial charge in [0, 0.05) is 15.3 Å². The zero-order valence-corrected chi connectivity index (χ0v) is 15.6.